The normalized spacial score (nSPS) is 14.4. The molecule has 0 fully saturated rings. The van der Waals surface area contributed by atoms with Crippen LogP contribution in [0.15, 0.2) is 65.6 Å². The number of esters is 1. The number of ketones is 1. The lowest BCUT2D eigenvalue weighted by Crippen LogP contribution is -2.17. The summed E-state index contributed by atoms with van der Waals surface area (Å²) in [5.74, 6) is -0.0663. The first kappa shape index (κ1) is 23.9. The zero-order valence-electron chi connectivity index (χ0n) is 19.5. The molecule has 1 heterocycles. The Kier molecular flexibility index (Phi) is 6.65. The van der Waals surface area contributed by atoms with E-state index in [4.69, 9.17) is 14.2 Å². The highest BCUT2D eigenvalue weighted by Gasteiger charge is 2.20. The second-order valence-corrected chi connectivity index (χ2v) is 10.4. The van der Waals surface area contributed by atoms with Crippen molar-refractivity contribution in [2.75, 3.05) is 24.5 Å². The summed E-state index contributed by atoms with van der Waals surface area (Å²) in [6, 6.07) is 15.8. The molecule has 0 spiro atoms. The van der Waals surface area contributed by atoms with E-state index in [1.165, 1.54) is 47.5 Å². The standard InChI is InChI=1S/C27H25NO7S/c29-24(21-6-5-18-3-1-2-4-20(18)15-21)17-35-27(30)19-7-9-22(10-8-19)28-36(31,32)23-11-12-25-26(16-23)34-14-13-33-25/h5-12,15-16,28H,1-4,13-14,17H2. The minimum absolute atomic E-state index is 0.0240. The van der Waals surface area contributed by atoms with Crippen molar-refractivity contribution >= 4 is 27.5 Å². The van der Waals surface area contributed by atoms with Gasteiger partial charge in [-0.1, -0.05) is 12.1 Å². The smallest absolute Gasteiger partial charge is 0.338 e. The van der Waals surface area contributed by atoms with Crippen LogP contribution in [0.2, 0.25) is 0 Å². The van der Waals surface area contributed by atoms with E-state index < -0.39 is 16.0 Å². The molecule has 0 aromatic heterocycles. The molecule has 8 nitrogen and oxygen atoms in total. The Hall–Kier alpha value is -3.85. The van der Waals surface area contributed by atoms with Gasteiger partial charge in [0.15, 0.2) is 23.9 Å². The van der Waals surface area contributed by atoms with E-state index in [9.17, 15) is 18.0 Å². The fourth-order valence-electron chi connectivity index (χ4n) is 4.28. The number of anilines is 1. The summed E-state index contributed by atoms with van der Waals surface area (Å²) in [5.41, 5.74) is 3.47. The second kappa shape index (κ2) is 10.0. The van der Waals surface area contributed by atoms with E-state index in [-0.39, 0.29) is 28.5 Å². The molecule has 0 saturated carbocycles. The number of nitrogens with one attached hydrogen (secondary N) is 1. The van der Waals surface area contributed by atoms with Crippen molar-refractivity contribution in [3.8, 4) is 11.5 Å². The van der Waals surface area contributed by atoms with Crippen LogP contribution in [0.25, 0.3) is 0 Å². The maximum absolute atomic E-state index is 12.8. The third-order valence-electron chi connectivity index (χ3n) is 6.20. The molecule has 5 rings (SSSR count). The maximum atomic E-state index is 12.8. The highest BCUT2D eigenvalue weighted by Crippen LogP contribution is 2.32. The topological polar surface area (TPSA) is 108 Å². The van der Waals surface area contributed by atoms with Crippen molar-refractivity contribution in [2.24, 2.45) is 0 Å². The van der Waals surface area contributed by atoms with Crippen LogP contribution in [0.3, 0.4) is 0 Å². The van der Waals surface area contributed by atoms with Crippen LogP contribution < -0.4 is 14.2 Å². The molecule has 0 saturated heterocycles. The van der Waals surface area contributed by atoms with Crippen LogP contribution in [0.5, 0.6) is 11.5 Å². The first-order chi connectivity index (χ1) is 17.4. The van der Waals surface area contributed by atoms with Crippen LogP contribution in [0.4, 0.5) is 5.69 Å². The van der Waals surface area contributed by atoms with Gasteiger partial charge >= 0.3 is 5.97 Å². The molecule has 0 atom stereocenters. The molecule has 3 aromatic rings. The quantitative estimate of drug-likeness (QED) is 0.378. The van der Waals surface area contributed by atoms with Crippen LogP contribution in [-0.2, 0) is 27.6 Å². The average molecular weight is 508 g/mol. The molecule has 3 aromatic carbocycles. The first-order valence-electron chi connectivity index (χ1n) is 11.7. The lowest BCUT2D eigenvalue weighted by atomic mass is 9.90. The fourth-order valence-corrected chi connectivity index (χ4v) is 5.36. The third-order valence-corrected chi connectivity index (χ3v) is 7.58. The summed E-state index contributed by atoms with van der Waals surface area (Å²) in [6.45, 7) is 0.394. The van der Waals surface area contributed by atoms with Crippen molar-refractivity contribution in [1.82, 2.24) is 0 Å². The number of rotatable bonds is 7. The Bertz CT molecular complexity index is 1410. The van der Waals surface area contributed by atoms with Gasteiger partial charge in [0.2, 0.25) is 0 Å². The molecule has 186 valence electrons. The second-order valence-electron chi connectivity index (χ2n) is 8.68. The Morgan fingerprint density at radius 1 is 0.806 bits per heavy atom. The number of fused-ring (bicyclic) bond motifs is 2. The Balaban J connectivity index is 1.19. The summed E-state index contributed by atoms with van der Waals surface area (Å²) in [6.07, 6.45) is 4.27. The fraction of sp³-hybridized carbons (Fsp3) is 0.259. The zero-order chi connectivity index (χ0) is 25.1. The minimum Gasteiger partial charge on any atom is -0.486 e. The number of hydrogen-bond donors (Lipinski definition) is 1. The number of ether oxygens (including phenoxy) is 3. The van der Waals surface area contributed by atoms with Crippen molar-refractivity contribution in [3.05, 3.63) is 82.9 Å². The molecule has 36 heavy (non-hydrogen) atoms. The zero-order valence-corrected chi connectivity index (χ0v) is 20.3. The molecule has 9 heteroatoms. The Morgan fingerprint density at radius 2 is 1.50 bits per heavy atom. The Labute approximate surface area is 209 Å². The summed E-state index contributed by atoms with van der Waals surface area (Å²) in [7, 11) is -3.89. The van der Waals surface area contributed by atoms with Crippen molar-refractivity contribution in [3.63, 3.8) is 0 Å². The lowest BCUT2D eigenvalue weighted by molar-refractivity contribution is 0.0475. The molecule has 0 radical (unpaired) electrons. The average Bonchev–Trinajstić information content (AvgIpc) is 2.91. The van der Waals surface area contributed by atoms with Gasteiger partial charge in [-0.15, -0.1) is 0 Å². The summed E-state index contributed by atoms with van der Waals surface area (Å²) >= 11 is 0. The van der Waals surface area contributed by atoms with Gasteiger partial charge in [0.05, 0.1) is 10.5 Å². The molecule has 2 aliphatic rings. The number of hydrogen-bond acceptors (Lipinski definition) is 7. The molecule has 1 aliphatic heterocycles. The lowest BCUT2D eigenvalue weighted by Gasteiger charge is -2.19. The summed E-state index contributed by atoms with van der Waals surface area (Å²) in [4.78, 5) is 25.0. The van der Waals surface area contributed by atoms with E-state index in [1.807, 2.05) is 12.1 Å². The van der Waals surface area contributed by atoms with E-state index in [0.29, 0.717) is 30.3 Å². The summed E-state index contributed by atoms with van der Waals surface area (Å²) < 4.78 is 44.1. The van der Waals surface area contributed by atoms with Crippen molar-refractivity contribution in [2.45, 2.75) is 30.6 Å². The maximum Gasteiger partial charge on any atom is 0.338 e. The highest BCUT2D eigenvalue weighted by atomic mass is 32.2. The third kappa shape index (κ3) is 5.21. The van der Waals surface area contributed by atoms with Crippen LogP contribution >= 0.6 is 0 Å². The van der Waals surface area contributed by atoms with E-state index in [2.05, 4.69) is 4.72 Å². The van der Waals surface area contributed by atoms with Gasteiger partial charge in [-0.25, -0.2) is 13.2 Å². The molecular weight excluding hydrogens is 482 g/mol. The van der Waals surface area contributed by atoms with E-state index in [0.717, 1.165) is 25.7 Å². The molecule has 1 N–H and O–H groups in total. The van der Waals surface area contributed by atoms with Crippen LogP contribution in [0, 0.1) is 0 Å². The monoisotopic (exact) mass is 507 g/mol. The van der Waals surface area contributed by atoms with Gasteiger partial charge in [-0.05, 0) is 79.3 Å². The molecular formula is C27H25NO7S. The number of benzene rings is 3. The number of sulfonamides is 1. The Morgan fingerprint density at radius 3 is 2.28 bits per heavy atom. The number of aryl methyl sites for hydroxylation is 2. The largest absolute Gasteiger partial charge is 0.486 e. The van der Waals surface area contributed by atoms with Crippen LogP contribution in [0.1, 0.15) is 44.7 Å². The van der Waals surface area contributed by atoms with Gasteiger partial charge in [0.25, 0.3) is 10.0 Å². The summed E-state index contributed by atoms with van der Waals surface area (Å²) in [5, 5.41) is 0. The van der Waals surface area contributed by atoms with Gasteiger partial charge in [0, 0.05) is 17.3 Å². The predicted octanol–water partition coefficient (Wildman–Crippen LogP) is 4.18. The van der Waals surface area contributed by atoms with E-state index in [1.54, 1.807) is 12.1 Å². The molecule has 0 bridgehead atoms. The minimum atomic E-state index is -3.89. The molecule has 0 unspecified atom stereocenters. The van der Waals surface area contributed by atoms with Gasteiger partial charge < -0.3 is 14.2 Å². The van der Waals surface area contributed by atoms with Crippen molar-refractivity contribution < 1.29 is 32.2 Å². The highest BCUT2D eigenvalue weighted by molar-refractivity contribution is 7.92. The van der Waals surface area contributed by atoms with Gasteiger partial charge in [0.1, 0.15) is 13.2 Å². The molecule has 0 amide bonds. The van der Waals surface area contributed by atoms with E-state index >= 15 is 0 Å². The van der Waals surface area contributed by atoms with Crippen molar-refractivity contribution in [1.29, 1.82) is 0 Å². The van der Waals surface area contributed by atoms with Crippen LogP contribution in [-0.4, -0.2) is 40.0 Å². The van der Waals surface area contributed by atoms with Gasteiger partial charge in [-0.3, -0.25) is 9.52 Å². The van der Waals surface area contributed by atoms with Gasteiger partial charge in [-0.2, -0.15) is 0 Å². The SMILES string of the molecule is O=C(COC(=O)c1ccc(NS(=O)(=O)c2ccc3c(c2)OCCO3)cc1)c1ccc2c(c1)CCCC2. The predicted molar refractivity (Wildman–Crippen MR) is 132 cm³/mol. The number of carbonyl (C=O) groups excluding carboxylic acids is 2. The molecule has 1 aliphatic carbocycles. The number of carbonyl (C=O) groups is 2. The first-order valence-corrected chi connectivity index (χ1v) is 13.2. The number of Topliss-reactive ketones (excluding diaryl/α,β-unsaturated/α-hetero) is 1.